The molecule has 2 rings (SSSR count). The zero-order chi connectivity index (χ0) is 14.8. The van der Waals surface area contributed by atoms with Crippen molar-refractivity contribution in [3.8, 4) is 0 Å². The summed E-state index contributed by atoms with van der Waals surface area (Å²) in [7, 11) is 0. The van der Waals surface area contributed by atoms with Crippen molar-refractivity contribution in [3.05, 3.63) is 42.2 Å². The Morgan fingerprint density at radius 3 is 2.70 bits per heavy atom. The van der Waals surface area contributed by atoms with E-state index in [1.165, 1.54) is 6.20 Å². The van der Waals surface area contributed by atoms with Crippen molar-refractivity contribution in [1.82, 2.24) is 10.3 Å². The van der Waals surface area contributed by atoms with E-state index in [-0.39, 0.29) is 5.69 Å². The fourth-order valence-corrected chi connectivity index (χ4v) is 1.69. The number of amides is 1. The van der Waals surface area contributed by atoms with Gasteiger partial charge in [-0.15, -0.1) is 0 Å². The van der Waals surface area contributed by atoms with Crippen molar-refractivity contribution in [2.24, 2.45) is 0 Å². The second-order valence-electron chi connectivity index (χ2n) is 4.15. The smallest absolute Gasteiger partial charge is 0.382 e. The van der Waals surface area contributed by atoms with Crippen LogP contribution in [0.5, 0.6) is 0 Å². The number of benzene rings is 1. The van der Waals surface area contributed by atoms with Crippen molar-refractivity contribution < 1.29 is 23.1 Å². The van der Waals surface area contributed by atoms with Gasteiger partial charge in [0.05, 0.1) is 6.54 Å². The van der Waals surface area contributed by atoms with Crippen LogP contribution < -0.4 is 5.32 Å². The molecule has 0 aliphatic carbocycles. The van der Waals surface area contributed by atoms with Gasteiger partial charge in [-0.2, -0.15) is 13.2 Å². The van der Waals surface area contributed by atoms with E-state index in [4.69, 9.17) is 5.11 Å². The number of rotatable bonds is 3. The second kappa shape index (κ2) is 5.46. The van der Waals surface area contributed by atoms with Crippen molar-refractivity contribution in [2.75, 3.05) is 6.54 Å². The quantitative estimate of drug-likeness (QED) is 0.904. The average molecular weight is 284 g/mol. The second-order valence-corrected chi connectivity index (χ2v) is 4.15. The topological polar surface area (TPSA) is 62.2 Å². The minimum atomic E-state index is -4.76. The van der Waals surface area contributed by atoms with Crippen LogP contribution in [0.4, 0.5) is 13.2 Å². The van der Waals surface area contributed by atoms with E-state index in [2.05, 4.69) is 4.98 Å². The molecule has 0 spiro atoms. The number of nitrogens with zero attached hydrogens (tertiary/aromatic N) is 1. The SMILES string of the molecule is O=C(NCC(O)C(F)(F)F)c1nccc2ccccc12. The third kappa shape index (κ3) is 3.05. The van der Waals surface area contributed by atoms with Gasteiger partial charge in [0.25, 0.3) is 5.91 Å². The van der Waals surface area contributed by atoms with Gasteiger partial charge in [-0.05, 0) is 11.5 Å². The van der Waals surface area contributed by atoms with Gasteiger partial charge in [-0.3, -0.25) is 9.78 Å². The maximum absolute atomic E-state index is 12.1. The first-order valence-corrected chi connectivity index (χ1v) is 5.76. The van der Waals surface area contributed by atoms with Crippen LogP contribution in [0.2, 0.25) is 0 Å². The summed E-state index contributed by atoms with van der Waals surface area (Å²) in [4.78, 5) is 15.7. The molecule has 2 aromatic rings. The molecule has 1 atom stereocenters. The first-order valence-electron chi connectivity index (χ1n) is 5.76. The normalized spacial score (nSPS) is 13.2. The minimum Gasteiger partial charge on any atom is -0.382 e. The molecular weight excluding hydrogens is 273 g/mol. The van der Waals surface area contributed by atoms with Gasteiger partial charge in [0.2, 0.25) is 0 Å². The lowest BCUT2D eigenvalue weighted by Gasteiger charge is -2.15. The highest BCUT2D eigenvalue weighted by Crippen LogP contribution is 2.20. The molecular formula is C13H11F3N2O2. The monoisotopic (exact) mass is 284 g/mol. The van der Waals surface area contributed by atoms with E-state index >= 15 is 0 Å². The summed E-state index contributed by atoms with van der Waals surface area (Å²) in [5, 5.41) is 12.2. The Labute approximate surface area is 112 Å². The van der Waals surface area contributed by atoms with Crippen LogP contribution in [0.25, 0.3) is 10.8 Å². The molecule has 2 N–H and O–H groups in total. The molecule has 0 saturated heterocycles. The van der Waals surface area contributed by atoms with Crippen molar-refractivity contribution in [3.63, 3.8) is 0 Å². The maximum atomic E-state index is 12.1. The number of hydrogen-bond acceptors (Lipinski definition) is 3. The van der Waals surface area contributed by atoms with Gasteiger partial charge in [0, 0.05) is 11.6 Å². The number of nitrogens with one attached hydrogen (secondary N) is 1. The summed E-state index contributed by atoms with van der Waals surface area (Å²) in [6, 6.07) is 8.58. The van der Waals surface area contributed by atoms with Crippen molar-refractivity contribution in [1.29, 1.82) is 0 Å². The first-order chi connectivity index (χ1) is 9.39. The highest BCUT2D eigenvalue weighted by molar-refractivity contribution is 6.05. The third-order valence-electron chi connectivity index (χ3n) is 2.72. The van der Waals surface area contributed by atoms with Crippen LogP contribution in [0.1, 0.15) is 10.5 Å². The molecule has 0 aliphatic rings. The Kier molecular flexibility index (Phi) is 3.89. The maximum Gasteiger partial charge on any atom is 0.416 e. The van der Waals surface area contributed by atoms with E-state index in [1.807, 2.05) is 5.32 Å². The summed E-state index contributed by atoms with van der Waals surface area (Å²) in [6.45, 7) is -0.909. The first kappa shape index (κ1) is 14.3. The summed E-state index contributed by atoms with van der Waals surface area (Å²) < 4.78 is 36.4. The molecule has 7 heteroatoms. The predicted octanol–water partition coefficient (Wildman–Crippen LogP) is 1.89. The number of aliphatic hydroxyl groups excluding tert-OH is 1. The largest absolute Gasteiger partial charge is 0.416 e. The van der Waals surface area contributed by atoms with Gasteiger partial charge in [-0.1, -0.05) is 24.3 Å². The molecule has 0 radical (unpaired) electrons. The molecule has 1 aromatic heterocycles. The van der Waals surface area contributed by atoms with Crippen molar-refractivity contribution in [2.45, 2.75) is 12.3 Å². The number of halogens is 3. The summed E-state index contributed by atoms with van der Waals surface area (Å²) in [5.74, 6) is -0.759. The van der Waals surface area contributed by atoms with Gasteiger partial charge in [0.15, 0.2) is 6.10 Å². The standard InChI is InChI=1S/C13H11F3N2O2/c14-13(15,16)10(19)7-18-12(20)11-9-4-2-1-3-8(9)5-6-17-11/h1-6,10,19H,7H2,(H,18,20). The number of pyridine rings is 1. The highest BCUT2D eigenvalue weighted by Gasteiger charge is 2.38. The van der Waals surface area contributed by atoms with Gasteiger partial charge in [0.1, 0.15) is 5.69 Å². The zero-order valence-corrected chi connectivity index (χ0v) is 10.2. The lowest BCUT2D eigenvalue weighted by molar-refractivity contribution is -0.201. The number of aliphatic hydroxyl groups is 1. The van der Waals surface area contributed by atoms with E-state index in [0.717, 1.165) is 5.39 Å². The molecule has 1 unspecified atom stereocenters. The van der Waals surface area contributed by atoms with Crippen LogP contribution >= 0.6 is 0 Å². The molecule has 0 fully saturated rings. The van der Waals surface area contributed by atoms with Crippen LogP contribution in [0, 0.1) is 0 Å². The molecule has 0 saturated carbocycles. The Morgan fingerprint density at radius 1 is 1.30 bits per heavy atom. The molecule has 20 heavy (non-hydrogen) atoms. The highest BCUT2D eigenvalue weighted by atomic mass is 19.4. The molecule has 1 amide bonds. The lowest BCUT2D eigenvalue weighted by Crippen LogP contribution is -2.40. The van der Waals surface area contributed by atoms with E-state index in [0.29, 0.717) is 5.39 Å². The minimum absolute atomic E-state index is 0.0254. The fourth-order valence-electron chi connectivity index (χ4n) is 1.69. The summed E-state index contributed by atoms with van der Waals surface area (Å²) in [6.07, 6.45) is -5.96. The van der Waals surface area contributed by atoms with E-state index in [1.54, 1.807) is 30.3 Å². The number of alkyl halides is 3. The molecule has 0 bridgehead atoms. The van der Waals surface area contributed by atoms with Gasteiger partial charge >= 0.3 is 6.18 Å². The van der Waals surface area contributed by atoms with E-state index in [9.17, 15) is 18.0 Å². The molecule has 1 aromatic carbocycles. The van der Waals surface area contributed by atoms with Crippen LogP contribution in [-0.4, -0.2) is 34.8 Å². The van der Waals surface area contributed by atoms with E-state index < -0.39 is 24.7 Å². The summed E-state index contributed by atoms with van der Waals surface area (Å²) in [5.41, 5.74) is 0.0254. The molecule has 106 valence electrons. The fraction of sp³-hybridized carbons (Fsp3) is 0.231. The number of carbonyl (C=O) groups excluding carboxylic acids is 1. The number of carbonyl (C=O) groups is 1. The van der Waals surface area contributed by atoms with Gasteiger partial charge in [-0.25, -0.2) is 0 Å². The predicted molar refractivity (Wildman–Crippen MR) is 66.1 cm³/mol. The number of fused-ring (bicyclic) bond motifs is 1. The zero-order valence-electron chi connectivity index (χ0n) is 10.2. The van der Waals surface area contributed by atoms with Crippen LogP contribution in [-0.2, 0) is 0 Å². The molecule has 1 heterocycles. The summed E-state index contributed by atoms with van der Waals surface area (Å²) >= 11 is 0. The molecule has 0 aliphatic heterocycles. The Balaban J connectivity index is 2.16. The molecule has 4 nitrogen and oxygen atoms in total. The number of aromatic nitrogens is 1. The van der Waals surface area contributed by atoms with Crippen molar-refractivity contribution >= 4 is 16.7 Å². The Hall–Kier alpha value is -2.15. The lowest BCUT2D eigenvalue weighted by atomic mass is 10.1. The van der Waals surface area contributed by atoms with Crippen LogP contribution in [0.3, 0.4) is 0 Å². The third-order valence-corrected chi connectivity index (χ3v) is 2.72. The van der Waals surface area contributed by atoms with Gasteiger partial charge < -0.3 is 10.4 Å². The van der Waals surface area contributed by atoms with Crippen LogP contribution in [0.15, 0.2) is 36.5 Å². The Bertz CT molecular complexity index is 623. The Morgan fingerprint density at radius 2 is 2.00 bits per heavy atom. The number of hydrogen-bond donors (Lipinski definition) is 2. The average Bonchev–Trinajstić information content (AvgIpc) is 2.42.